The fourth-order valence-corrected chi connectivity index (χ4v) is 3.44. The predicted molar refractivity (Wildman–Crippen MR) is 125 cm³/mol. The molecule has 0 aromatic heterocycles. The van der Waals surface area contributed by atoms with Crippen LogP contribution in [0.15, 0.2) is 36.4 Å². The van der Waals surface area contributed by atoms with Gasteiger partial charge < -0.3 is 15.5 Å². The first-order valence-electron chi connectivity index (χ1n) is 9.94. The number of anilines is 2. The highest BCUT2D eigenvalue weighted by Gasteiger charge is 2.19. The van der Waals surface area contributed by atoms with E-state index >= 15 is 0 Å². The Bertz CT molecular complexity index is 968. The van der Waals surface area contributed by atoms with E-state index in [1.807, 2.05) is 33.8 Å². The van der Waals surface area contributed by atoms with Gasteiger partial charge in [0, 0.05) is 24.0 Å². The first-order chi connectivity index (χ1) is 14.3. The SMILES string of the molecule is [C-]#[N+]c1ccc(NC(=S)N(c2ccc(C(=O)NCCCC)c(F)c2)C(C)C)cc1C. The van der Waals surface area contributed by atoms with E-state index in [0.717, 1.165) is 24.1 Å². The van der Waals surface area contributed by atoms with E-state index in [2.05, 4.69) is 15.5 Å². The highest BCUT2D eigenvalue weighted by Crippen LogP contribution is 2.25. The Morgan fingerprint density at radius 3 is 2.57 bits per heavy atom. The minimum Gasteiger partial charge on any atom is -0.352 e. The Labute approximate surface area is 183 Å². The summed E-state index contributed by atoms with van der Waals surface area (Å²) in [6.07, 6.45) is 1.80. The number of halogens is 1. The molecule has 0 heterocycles. The third-order valence-electron chi connectivity index (χ3n) is 4.60. The molecule has 0 atom stereocenters. The fourth-order valence-electron chi connectivity index (χ4n) is 3.00. The second kappa shape index (κ2) is 10.7. The number of carbonyl (C=O) groups excluding carboxylic acids is 1. The van der Waals surface area contributed by atoms with E-state index in [-0.39, 0.29) is 11.6 Å². The molecule has 0 aliphatic heterocycles. The largest absolute Gasteiger partial charge is 0.352 e. The average molecular weight is 427 g/mol. The van der Waals surface area contributed by atoms with Gasteiger partial charge in [-0.2, -0.15) is 0 Å². The van der Waals surface area contributed by atoms with Crippen LogP contribution in [0.1, 0.15) is 49.5 Å². The van der Waals surface area contributed by atoms with Gasteiger partial charge in [0.05, 0.1) is 12.1 Å². The van der Waals surface area contributed by atoms with Crippen LogP contribution in [0.25, 0.3) is 4.85 Å². The van der Waals surface area contributed by atoms with Crippen LogP contribution in [0.3, 0.4) is 0 Å². The normalized spacial score (nSPS) is 10.4. The number of carbonyl (C=O) groups is 1. The summed E-state index contributed by atoms with van der Waals surface area (Å²) in [5.41, 5.74) is 2.76. The minimum absolute atomic E-state index is 0.0165. The number of benzene rings is 2. The molecule has 1 amide bonds. The molecule has 5 nitrogen and oxygen atoms in total. The van der Waals surface area contributed by atoms with Crippen LogP contribution in [-0.2, 0) is 0 Å². The summed E-state index contributed by atoms with van der Waals surface area (Å²) in [6.45, 7) is 15.5. The van der Waals surface area contributed by atoms with Crippen LogP contribution in [0, 0.1) is 19.3 Å². The van der Waals surface area contributed by atoms with Crippen molar-refractivity contribution in [2.45, 2.75) is 46.6 Å². The molecule has 2 aromatic carbocycles. The van der Waals surface area contributed by atoms with Crippen LogP contribution < -0.4 is 15.5 Å². The molecule has 0 spiro atoms. The molecule has 2 aromatic rings. The lowest BCUT2D eigenvalue weighted by Gasteiger charge is -2.30. The summed E-state index contributed by atoms with van der Waals surface area (Å²) < 4.78 is 14.7. The van der Waals surface area contributed by atoms with Crippen molar-refractivity contribution in [3.63, 3.8) is 0 Å². The van der Waals surface area contributed by atoms with Crippen molar-refractivity contribution in [2.24, 2.45) is 0 Å². The highest BCUT2D eigenvalue weighted by atomic mass is 32.1. The van der Waals surface area contributed by atoms with Gasteiger partial charge >= 0.3 is 0 Å². The van der Waals surface area contributed by atoms with Crippen LogP contribution in [-0.4, -0.2) is 23.6 Å². The van der Waals surface area contributed by atoms with E-state index in [0.29, 0.717) is 23.0 Å². The van der Waals surface area contributed by atoms with E-state index in [4.69, 9.17) is 18.8 Å². The van der Waals surface area contributed by atoms with Crippen molar-refractivity contribution in [2.75, 3.05) is 16.8 Å². The van der Waals surface area contributed by atoms with Crippen molar-refractivity contribution in [3.8, 4) is 0 Å². The standard InChI is InChI=1S/C23H27FN4OS/c1-6-7-12-26-22(29)19-10-9-18(14-20(19)24)28(15(2)3)23(30)27-17-8-11-21(25-5)16(4)13-17/h8-11,13-15H,6-7,12H2,1-4H3,(H,26,29)(H,27,30). The molecule has 158 valence electrons. The molecule has 2 rings (SSSR count). The number of unbranched alkanes of at least 4 members (excludes halogenated alkanes) is 1. The van der Waals surface area contributed by atoms with Crippen molar-refractivity contribution in [1.82, 2.24) is 5.32 Å². The quantitative estimate of drug-likeness (QED) is 0.332. The van der Waals surface area contributed by atoms with Gasteiger partial charge in [0.15, 0.2) is 10.8 Å². The maximum Gasteiger partial charge on any atom is 0.254 e. The van der Waals surface area contributed by atoms with Crippen LogP contribution >= 0.6 is 12.2 Å². The molecular weight excluding hydrogens is 399 g/mol. The molecule has 0 aliphatic carbocycles. The Morgan fingerprint density at radius 1 is 1.27 bits per heavy atom. The summed E-state index contributed by atoms with van der Waals surface area (Å²) in [6, 6.07) is 9.84. The lowest BCUT2D eigenvalue weighted by molar-refractivity contribution is 0.0949. The molecular formula is C23H27FN4OS. The van der Waals surface area contributed by atoms with Gasteiger partial charge in [0.2, 0.25) is 0 Å². The molecule has 0 bridgehead atoms. The highest BCUT2D eigenvalue weighted by molar-refractivity contribution is 7.80. The summed E-state index contributed by atoms with van der Waals surface area (Å²) in [4.78, 5) is 17.4. The van der Waals surface area contributed by atoms with Crippen LogP contribution in [0.2, 0.25) is 0 Å². The van der Waals surface area contributed by atoms with Crippen molar-refractivity contribution in [1.29, 1.82) is 0 Å². The molecule has 0 unspecified atom stereocenters. The van der Waals surface area contributed by atoms with Crippen LogP contribution in [0.4, 0.5) is 21.5 Å². The van der Waals surface area contributed by atoms with Crippen molar-refractivity contribution < 1.29 is 9.18 Å². The smallest absolute Gasteiger partial charge is 0.254 e. The molecule has 30 heavy (non-hydrogen) atoms. The Hall–Kier alpha value is -2.98. The maximum atomic E-state index is 14.7. The predicted octanol–water partition coefficient (Wildman–Crippen LogP) is 5.83. The van der Waals surface area contributed by atoms with Crippen molar-refractivity contribution in [3.05, 3.63) is 64.8 Å². The Kier molecular flexibility index (Phi) is 8.31. The molecule has 0 aliphatic rings. The number of hydrogen-bond donors (Lipinski definition) is 2. The van der Waals surface area contributed by atoms with Gasteiger partial charge in [-0.3, -0.25) is 4.79 Å². The third kappa shape index (κ3) is 5.77. The number of hydrogen-bond acceptors (Lipinski definition) is 2. The molecule has 0 saturated heterocycles. The van der Waals surface area contributed by atoms with Gasteiger partial charge in [-0.05, 0) is 75.3 Å². The van der Waals surface area contributed by atoms with E-state index in [1.165, 1.54) is 12.1 Å². The van der Waals surface area contributed by atoms with Gasteiger partial charge in [-0.25, -0.2) is 9.24 Å². The Morgan fingerprint density at radius 2 is 2.00 bits per heavy atom. The van der Waals surface area contributed by atoms with Crippen molar-refractivity contribution >= 4 is 40.3 Å². The van der Waals surface area contributed by atoms with Gasteiger partial charge in [0.25, 0.3) is 5.91 Å². The zero-order valence-electron chi connectivity index (χ0n) is 17.8. The van der Waals surface area contributed by atoms with Gasteiger partial charge in [0.1, 0.15) is 5.82 Å². The lowest BCUT2D eigenvalue weighted by atomic mass is 10.1. The van der Waals surface area contributed by atoms with Gasteiger partial charge in [-0.15, -0.1) is 0 Å². The average Bonchev–Trinajstić information content (AvgIpc) is 2.68. The number of rotatable bonds is 7. The summed E-state index contributed by atoms with van der Waals surface area (Å²) in [7, 11) is 0. The van der Waals surface area contributed by atoms with E-state index in [9.17, 15) is 9.18 Å². The maximum absolute atomic E-state index is 14.7. The number of aryl methyl sites for hydroxylation is 1. The lowest BCUT2D eigenvalue weighted by Crippen LogP contribution is -2.40. The third-order valence-corrected chi connectivity index (χ3v) is 4.89. The topological polar surface area (TPSA) is 48.7 Å². The van der Waals surface area contributed by atoms with Crippen LogP contribution in [0.5, 0.6) is 0 Å². The second-order valence-electron chi connectivity index (χ2n) is 7.28. The van der Waals surface area contributed by atoms with Gasteiger partial charge in [-0.1, -0.05) is 19.4 Å². The Balaban J connectivity index is 2.22. The molecule has 0 saturated carbocycles. The number of amides is 1. The number of nitrogens with one attached hydrogen (secondary N) is 2. The summed E-state index contributed by atoms with van der Waals surface area (Å²) >= 11 is 5.57. The molecule has 2 N–H and O–H groups in total. The summed E-state index contributed by atoms with van der Waals surface area (Å²) in [5.74, 6) is -1.01. The summed E-state index contributed by atoms with van der Waals surface area (Å²) in [5, 5.41) is 6.29. The first-order valence-corrected chi connectivity index (χ1v) is 10.3. The van der Waals surface area contributed by atoms with E-state index < -0.39 is 11.7 Å². The minimum atomic E-state index is -0.591. The number of nitrogens with zero attached hydrogens (tertiary/aromatic N) is 2. The fraction of sp³-hybridized carbons (Fsp3) is 0.348. The molecule has 0 radical (unpaired) electrons. The monoisotopic (exact) mass is 426 g/mol. The first kappa shape index (κ1) is 23.3. The second-order valence-corrected chi connectivity index (χ2v) is 7.67. The zero-order valence-corrected chi connectivity index (χ0v) is 18.6. The molecule has 0 fully saturated rings. The van der Waals surface area contributed by atoms with E-state index in [1.54, 1.807) is 23.1 Å². The molecule has 7 heteroatoms. The zero-order chi connectivity index (χ0) is 22.3. The number of thiocarbonyl (C=S) groups is 1.